The lowest BCUT2D eigenvalue weighted by atomic mass is 10.1. The van der Waals surface area contributed by atoms with E-state index < -0.39 is 0 Å². The van der Waals surface area contributed by atoms with Gasteiger partial charge in [0, 0.05) is 38.0 Å². The van der Waals surface area contributed by atoms with Gasteiger partial charge in [0.05, 0.1) is 0 Å². The number of thiocarbonyl (C=S) groups is 2. The van der Waals surface area contributed by atoms with Crippen molar-refractivity contribution in [2.45, 2.75) is 0 Å². The molecule has 1 aromatic carbocycles. The highest BCUT2D eigenvalue weighted by atomic mass is 32.1. The van der Waals surface area contributed by atoms with Gasteiger partial charge in [-0.15, -0.1) is 0 Å². The Labute approximate surface area is 100 Å². The Hall–Kier alpha value is -1.00. The fraction of sp³-hybridized carbons (Fsp3) is 0.273. The van der Waals surface area contributed by atoms with Gasteiger partial charge in [0.25, 0.3) is 0 Å². The molecule has 0 amide bonds. The number of anilines is 1. The number of hydrogen-bond donors (Lipinski definition) is 0. The molecule has 0 atom stereocenters. The molecule has 1 heterocycles. The average Bonchev–Trinajstić information content (AvgIpc) is 2.44. The average molecular weight is 236 g/mol. The quantitative estimate of drug-likeness (QED) is 0.688. The van der Waals surface area contributed by atoms with E-state index in [1.54, 1.807) is 0 Å². The Morgan fingerprint density at radius 2 is 1.67 bits per heavy atom. The summed E-state index contributed by atoms with van der Waals surface area (Å²) in [4.78, 5) is 5.58. The summed E-state index contributed by atoms with van der Waals surface area (Å²) in [5.41, 5.74) is 3.29. The predicted octanol–water partition coefficient (Wildman–Crippen LogP) is 2.05. The summed E-state index contributed by atoms with van der Waals surface area (Å²) in [5.74, 6) is 0. The molecule has 2 rings (SSSR count). The van der Waals surface area contributed by atoms with Crippen LogP contribution < -0.4 is 4.90 Å². The van der Waals surface area contributed by atoms with E-state index in [-0.39, 0.29) is 0 Å². The van der Waals surface area contributed by atoms with Crippen LogP contribution in [-0.2, 0) is 0 Å². The van der Waals surface area contributed by atoms with Crippen LogP contribution in [0.4, 0.5) is 5.69 Å². The SMILES string of the molecule is CN1C(=S)c2ccc(N(C)C)cc2C1=S. The second-order valence-corrected chi connectivity index (χ2v) is 4.57. The highest BCUT2D eigenvalue weighted by Crippen LogP contribution is 2.26. The zero-order valence-corrected chi connectivity index (χ0v) is 10.6. The molecule has 2 nitrogen and oxygen atoms in total. The minimum atomic E-state index is 0.818. The highest BCUT2D eigenvalue weighted by molar-refractivity contribution is 7.82. The molecule has 0 unspecified atom stereocenters. The molecule has 0 aromatic heterocycles. The summed E-state index contributed by atoms with van der Waals surface area (Å²) in [6, 6.07) is 6.20. The van der Waals surface area contributed by atoms with Gasteiger partial charge >= 0.3 is 0 Å². The molecule has 0 saturated heterocycles. The standard InChI is InChI=1S/C11H12N2S2/c1-12(2)7-4-5-8-9(6-7)11(15)13(3)10(8)14/h4-6H,1-3H3. The number of nitrogens with zero attached hydrogens (tertiary/aromatic N) is 2. The zero-order chi connectivity index (χ0) is 11.2. The maximum atomic E-state index is 5.34. The molecule has 0 N–H and O–H groups in total. The molecule has 1 aromatic rings. The van der Waals surface area contributed by atoms with Crippen molar-refractivity contribution in [2.24, 2.45) is 0 Å². The van der Waals surface area contributed by atoms with Crippen LogP contribution >= 0.6 is 24.4 Å². The molecule has 1 aliphatic rings. The van der Waals surface area contributed by atoms with Gasteiger partial charge in [0.15, 0.2) is 0 Å². The van der Waals surface area contributed by atoms with Crippen LogP contribution in [0.25, 0.3) is 0 Å². The molecule has 78 valence electrons. The molecular weight excluding hydrogens is 224 g/mol. The minimum absolute atomic E-state index is 0.818. The Morgan fingerprint density at radius 1 is 1.07 bits per heavy atom. The van der Waals surface area contributed by atoms with Gasteiger partial charge in [-0.1, -0.05) is 24.4 Å². The first-order valence-electron chi connectivity index (χ1n) is 4.66. The first-order chi connectivity index (χ1) is 7.02. The van der Waals surface area contributed by atoms with Crippen molar-refractivity contribution in [2.75, 3.05) is 26.0 Å². The van der Waals surface area contributed by atoms with E-state index in [1.165, 1.54) is 0 Å². The zero-order valence-electron chi connectivity index (χ0n) is 8.94. The molecule has 0 spiro atoms. The first kappa shape index (κ1) is 10.5. The van der Waals surface area contributed by atoms with Crippen molar-refractivity contribution in [3.63, 3.8) is 0 Å². The van der Waals surface area contributed by atoms with Crippen molar-refractivity contribution >= 4 is 40.1 Å². The molecule has 0 radical (unpaired) electrons. The molecule has 0 bridgehead atoms. The van der Waals surface area contributed by atoms with Crippen LogP contribution in [0.15, 0.2) is 18.2 Å². The molecular formula is C11H12N2S2. The second kappa shape index (κ2) is 3.54. The molecule has 4 heteroatoms. The van der Waals surface area contributed by atoms with E-state index in [0.717, 1.165) is 26.8 Å². The van der Waals surface area contributed by atoms with Crippen molar-refractivity contribution in [1.82, 2.24) is 4.90 Å². The summed E-state index contributed by atoms with van der Waals surface area (Å²) in [6.45, 7) is 0. The van der Waals surface area contributed by atoms with E-state index in [2.05, 4.69) is 17.0 Å². The lowest BCUT2D eigenvalue weighted by Crippen LogP contribution is -2.22. The van der Waals surface area contributed by atoms with Gasteiger partial charge in [0.2, 0.25) is 0 Å². The third-order valence-corrected chi connectivity index (χ3v) is 3.58. The van der Waals surface area contributed by atoms with Crippen molar-refractivity contribution in [1.29, 1.82) is 0 Å². The van der Waals surface area contributed by atoms with Gasteiger partial charge in [-0.2, -0.15) is 0 Å². The van der Waals surface area contributed by atoms with E-state index in [9.17, 15) is 0 Å². The second-order valence-electron chi connectivity index (χ2n) is 3.79. The normalized spacial score (nSPS) is 14.5. The summed E-state index contributed by atoms with van der Waals surface area (Å²) >= 11 is 10.6. The smallest absolute Gasteiger partial charge is 0.114 e. The number of benzene rings is 1. The minimum Gasteiger partial charge on any atom is -0.378 e. The lowest BCUT2D eigenvalue weighted by Gasteiger charge is -2.13. The third-order valence-electron chi connectivity index (χ3n) is 2.59. The van der Waals surface area contributed by atoms with Gasteiger partial charge in [0.1, 0.15) is 9.98 Å². The fourth-order valence-electron chi connectivity index (χ4n) is 1.63. The Kier molecular flexibility index (Phi) is 2.48. The Morgan fingerprint density at radius 3 is 2.27 bits per heavy atom. The highest BCUT2D eigenvalue weighted by Gasteiger charge is 2.26. The van der Waals surface area contributed by atoms with Crippen LogP contribution in [0.5, 0.6) is 0 Å². The van der Waals surface area contributed by atoms with Crippen molar-refractivity contribution in [3.05, 3.63) is 29.3 Å². The Balaban J connectivity index is 2.57. The van der Waals surface area contributed by atoms with Crippen molar-refractivity contribution in [3.8, 4) is 0 Å². The van der Waals surface area contributed by atoms with Crippen LogP contribution in [-0.4, -0.2) is 36.0 Å². The van der Waals surface area contributed by atoms with E-state index in [4.69, 9.17) is 24.4 Å². The lowest BCUT2D eigenvalue weighted by molar-refractivity contribution is 0.803. The maximum absolute atomic E-state index is 5.34. The van der Waals surface area contributed by atoms with Crippen LogP contribution in [0, 0.1) is 0 Å². The van der Waals surface area contributed by atoms with Crippen LogP contribution in [0.1, 0.15) is 11.1 Å². The molecule has 0 fully saturated rings. The van der Waals surface area contributed by atoms with Gasteiger partial charge < -0.3 is 9.80 Å². The summed E-state index contributed by atoms with van der Waals surface area (Å²) < 4.78 is 0. The van der Waals surface area contributed by atoms with Crippen LogP contribution in [0.3, 0.4) is 0 Å². The summed E-state index contributed by atoms with van der Waals surface area (Å²) in [7, 11) is 5.95. The largest absolute Gasteiger partial charge is 0.378 e. The molecule has 0 aliphatic carbocycles. The Bertz CT molecular complexity index is 452. The molecule has 15 heavy (non-hydrogen) atoms. The van der Waals surface area contributed by atoms with Crippen LogP contribution in [0.2, 0.25) is 0 Å². The predicted molar refractivity (Wildman–Crippen MR) is 71.9 cm³/mol. The van der Waals surface area contributed by atoms with E-state index in [1.807, 2.05) is 32.1 Å². The monoisotopic (exact) mass is 236 g/mol. The molecule has 1 aliphatic heterocycles. The number of fused-ring (bicyclic) bond motifs is 1. The maximum Gasteiger partial charge on any atom is 0.114 e. The number of rotatable bonds is 1. The topological polar surface area (TPSA) is 6.48 Å². The van der Waals surface area contributed by atoms with Gasteiger partial charge in [-0.25, -0.2) is 0 Å². The first-order valence-corrected chi connectivity index (χ1v) is 5.48. The third kappa shape index (κ3) is 1.54. The molecule has 0 saturated carbocycles. The fourth-order valence-corrected chi connectivity index (χ4v) is 2.21. The number of hydrogen-bond acceptors (Lipinski definition) is 3. The summed E-state index contributed by atoms with van der Waals surface area (Å²) in [5, 5.41) is 0. The van der Waals surface area contributed by atoms with Gasteiger partial charge in [-0.05, 0) is 18.2 Å². The van der Waals surface area contributed by atoms with E-state index in [0.29, 0.717) is 0 Å². The van der Waals surface area contributed by atoms with Gasteiger partial charge in [-0.3, -0.25) is 0 Å². The van der Waals surface area contributed by atoms with E-state index >= 15 is 0 Å². The van der Waals surface area contributed by atoms with Crippen molar-refractivity contribution < 1.29 is 0 Å². The summed E-state index contributed by atoms with van der Waals surface area (Å²) in [6.07, 6.45) is 0.